The first-order chi connectivity index (χ1) is 15.5. The lowest BCUT2D eigenvalue weighted by molar-refractivity contribution is -0.895. The number of nitrogens with one attached hydrogen (secondary N) is 1. The molecular weight excluding hydrogens is 406 g/mol. The third-order valence-corrected chi connectivity index (χ3v) is 6.16. The number of hydrogen-bond donors (Lipinski definition) is 1. The van der Waals surface area contributed by atoms with Crippen molar-refractivity contribution in [3.05, 3.63) is 71.4 Å². The van der Waals surface area contributed by atoms with Gasteiger partial charge in [0.2, 0.25) is 5.78 Å². The number of amides is 1. The molecule has 3 aromatic heterocycles. The van der Waals surface area contributed by atoms with Crippen molar-refractivity contribution in [2.75, 3.05) is 26.2 Å². The first kappa shape index (κ1) is 21.7. The molecule has 4 heterocycles. The largest absolute Gasteiger partial charge is 0.871 e. The lowest BCUT2D eigenvalue weighted by Gasteiger charge is -2.28. The fourth-order valence-corrected chi connectivity index (χ4v) is 4.38. The van der Waals surface area contributed by atoms with Gasteiger partial charge in [0.15, 0.2) is 0 Å². The van der Waals surface area contributed by atoms with Gasteiger partial charge < -0.3 is 19.3 Å². The van der Waals surface area contributed by atoms with Gasteiger partial charge >= 0.3 is 0 Å². The van der Waals surface area contributed by atoms with Crippen molar-refractivity contribution >= 4 is 23.1 Å². The summed E-state index contributed by atoms with van der Waals surface area (Å²) < 4.78 is 1.67. The summed E-state index contributed by atoms with van der Waals surface area (Å²) in [7, 11) is 0. The van der Waals surface area contributed by atoms with Crippen LogP contribution in [0.3, 0.4) is 0 Å². The fraction of sp³-hybridized carbons (Fsp3) is 0.333. The molecule has 1 unspecified atom stereocenters. The Balaban J connectivity index is 1.86. The zero-order chi connectivity index (χ0) is 22.8. The summed E-state index contributed by atoms with van der Waals surface area (Å²) in [5.41, 5.74) is 2.06. The van der Waals surface area contributed by atoms with E-state index in [2.05, 4.69) is 23.8 Å². The summed E-state index contributed by atoms with van der Waals surface area (Å²) in [6, 6.07) is 8.22. The minimum atomic E-state index is -0.764. The number of nitrogens with zero attached hydrogens (tertiary/aromatic N) is 4. The van der Waals surface area contributed by atoms with Gasteiger partial charge in [0.25, 0.3) is 5.91 Å². The minimum absolute atomic E-state index is 0.0358. The van der Waals surface area contributed by atoms with Gasteiger partial charge in [-0.3, -0.25) is 14.6 Å². The molecule has 0 saturated carbocycles. The zero-order valence-electron chi connectivity index (χ0n) is 18.5. The van der Waals surface area contributed by atoms with Gasteiger partial charge in [0, 0.05) is 24.2 Å². The van der Waals surface area contributed by atoms with Gasteiger partial charge in [-0.2, -0.15) is 0 Å². The van der Waals surface area contributed by atoms with Crippen molar-refractivity contribution in [1.29, 1.82) is 0 Å². The predicted molar refractivity (Wildman–Crippen MR) is 117 cm³/mol. The molecule has 1 aliphatic rings. The van der Waals surface area contributed by atoms with E-state index in [9.17, 15) is 14.7 Å². The first-order valence-electron chi connectivity index (χ1n) is 10.9. The van der Waals surface area contributed by atoms with Gasteiger partial charge in [0.05, 0.1) is 43.6 Å². The van der Waals surface area contributed by atoms with Crippen LogP contribution in [0.2, 0.25) is 0 Å². The Labute approximate surface area is 186 Å². The van der Waals surface area contributed by atoms with Crippen LogP contribution in [0.5, 0.6) is 0 Å². The van der Waals surface area contributed by atoms with Gasteiger partial charge in [-0.25, -0.2) is 4.98 Å². The molecule has 1 fully saturated rings. The van der Waals surface area contributed by atoms with E-state index in [4.69, 9.17) is 0 Å². The fourth-order valence-electron chi connectivity index (χ4n) is 4.38. The Morgan fingerprint density at radius 3 is 2.62 bits per heavy atom. The number of likely N-dealkylation sites (tertiary alicyclic amines) is 1. The van der Waals surface area contributed by atoms with Crippen molar-refractivity contribution < 1.29 is 19.6 Å². The smallest absolute Gasteiger partial charge is 0.295 e. The van der Waals surface area contributed by atoms with E-state index in [-0.39, 0.29) is 5.57 Å². The minimum Gasteiger partial charge on any atom is -0.871 e. The van der Waals surface area contributed by atoms with E-state index in [0.29, 0.717) is 35.7 Å². The van der Waals surface area contributed by atoms with Crippen LogP contribution in [0, 0.1) is 6.92 Å². The third-order valence-electron chi connectivity index (χ3n) is 6.16. The molecule has 8 nitrogen and oxygen atoms in total. The van der Waals surface area contributed by atoms with E-state index in [1.54, 1.807) is 54.2 Å². The average molecular weight is 434 g/mol. The van der Waals surface area contributed by atoms with Gasteiger partial charge in [-0.1, -0.05) is 17.9 Å². The zero-order valence-corrected chi connectivity index (χ0v) is 18.5. The van der Waals surface area contributed by atoms with Crippen molar-refractivity contribution in [2.24, 2.45) is 0 Å². The normalized spacial score (nSPS) is 18.2. The molecule has 8 heteroatoms. The van der Waals surface area contributed by atoms with E-state index in [1.165, 1.54) is 9.80 Å². The average Bonchev–Trinajstić information content (AvgIpc) is 3.28. The highest BCUT2D eigenvalue weighted by atomic mass is 16.3. The number of carbonyl (C=O) groups excluding carboxylic acids is 2. The van der Waals surface area contributed by atoms with Crippen molar-refractivity contribution in [1.82, 2.24) is 19.3 Å². The van der Waals surface area contributed by atoms with E-state index >= 15 is 0 Å². The second-order valence-electron chi connectivity index (χ2n) is 7.94. The van der Waals surface area contributed by atoms with Crippen molar-refractivity contribution in [3.63, 3.8) is 0 Å². The van der Waals surface area contributed by atoms with Gasteiger partial charge in [0.1, 0.15) is 5.65 Å². The molecule has 3 aromatic rings. The molecule has 0 spiro atoms. The molecule has 32 heavy (non-hydrogen) atoms. The standard InChI is InChI=1S/C24H27N5O3/c1-4-27(5-2)13-14-29-21(17-9-8-11-25-15-17)19(23(31)24(29)32)22(30)20-16(3)26-18-10-6-7-12-28(18)20/h6-12,15,21,30H,4-5,13-14H2,1-3H3. The molecule has 1 aliphatic heterocycles. The van der Waals surface area contributed by atoms with Crippen LogP contribution < -0.4 is 10.0 Å². The van der Waals surface area contributed by atoms with E-state index < -0.39 is 23.5 Å². The van der Waals surface area contributed by atoms with Crippen LogP contribution >= 0.6 is 0 Å². The van der Waals surface area contributed by atoms with Crippen LogP contribution in [0.15, 0.2) is 54.5 Å². The molecule has 1 saturated heterocycles. The molecule has 1 amide bonds. The number of Topliss-reactive ketones (excluding diaryl/α,β-unsaturated/α-hetero) is 1. The second-order valence-corrected chi connectivity index (χ2v) is 7.94. The lowest BCUT2D eigenvalue weighted by Crippen LogP contribution is -3.12. The van der Waals surface area contributed by atoms with Crippen LogP contribution in [-0.4, -0.2) is 57.1 Å². The van der Waals surface area contributed by atoms with Crippen molar-refractivity contribution in [3.8, 4) is 0 Å². The molecule has 0 aromatic carbocycles. The monoisotopic (exact) mass is 433 g/mol. The van der Waals surface area contributed by atoms with Gasteiger partial charge in [-0.15, -0.1) is 0 Å². The molecule has 166 valence electrons. The number of rotatable bonds is 7. The number of likely N-dealkylation sites (N-methyl/N-ethyl adjacent to an activating group) is 1. The Morgan fingerprint density at radius 1 is 1.16 bits per heavy atom. The Kier molecular flexibility index (Phi) is 6.05. The second kappa shape index (κ2) is 8.92. The third kappa shape index (κ3) is 3.67. The number of ketones is 1. The number of hydrogen-bond acceptors (Lipinski definition) is 5. The summed E-state index contributed by atoms with van der Waals surface area (Å²) in [6.45, 7) is 8.82. The Hall–Kier alpha value is -3.52. The van der Waals surface area contributed by atoms with E-state index in [0.717, 1.165) is 13.1 Å². The predicted octanol–water partition coefficient (Wildman–Crippen LogP) is 0.186. The highest BCUT2D eigenvalue weighted by molar-refractivity contribution is 6.46. The Morgan fingerprint density at radius 2 is 1.94 bits per heavy atom. The SMILES string of the molecule is CC[NH+](CC)CCN1C(=O)C(=O)C(=C([O-])c2c(C)nc3ccccn23)C1c1cccnc1. The summed E-state index contributed by atoms with van der Waals surface area (Å²) >= 11 is 0. The number of carbonyl (C=O) groups is 2. The lowest BCUT2D eigenvalue weighted by atomic mass is 9.97. The highest BCUT2D eigenvalue weighted by Gasteiger charge is 2.44. The number of pyridine rings is 2. The maximum atomic E-state index is 13.8. The van der Waals surface area contributed by atoms with Crippen molar-refractivity contribution in [2.45, 2.75) is 26.8 Å². The Bertz CT molecular complexity index is 1180. The van der Waals surface area contributed by atoms with Crippen LogP contribution in [-0.2, 0) is 9.59 Å². The maximum absolute atomic E-state index is 13.8. The molecule has 1 atom stereocenters. The van der Waals surface area contributed by atoms with Gasteiger partial charge in [-0.05, 0) is 44.5 Å². The topological polar surface area (TPSA) is 95.1 Å². The first-order valence-corrected chi connectivity index (χ1v) is 10.9. The molecule has 0 bridgehead atoms. The number of aromatic nitrogens is 3. The van der Waals surface area contributed by atoms with E-state index in [1.807, 2.05) is 6.07 Å². The maximum Gasteiger partial charge on any atom is 0.295 e. The quantitative estimate of drug-likeness (QED) is 0.326. The van der Waals surface area contributed by atoms with Crippen LogP contribution in [0.25, 0.3) is 11.4 Å². The summed E-state index contributed by atoms with van der Waals surface area (Å²) in [6.07, 6.45) is 4.98. The number of imidazole rings is 1. The highest BCUT2D eigenvalue weighted by Crippen LogP contribution is 2.38. The molecule has 1 N–H and O–H groups in total. The number of fused-ring (bicyclic) bond motifs is 1. The number of aryl methyl sites for hydroxylation is 1. The summed E-state index contributed by atoms with van der Waals surface area (Å²) in [4.78, 5) is 37.7. The molecule has 0 aliphatic carbocycles. The number of quaternary nitrogens is 1. The summed E-state index contributed by atoms with van der Waals surface area (Å²) in [5, 5.41) is 13.8. The van der Waals surface area contributed by atoms with Crippen LogP contribution in [0.1, 0.15) is 36.8 Å². The summed E-state index contributed by atoms with van der Waals surface area (Å²) in [5.74, 6) is -1.85. The van der Waals surface area contributed by atoms with Crippen LogP contribution in [0.4, 0.5) is 0 Å². The molecular formula is C24H27N5O3. The molecule has 4 rings (SSSR count). The molecule has 0 radical (unpaired) electrons.